The molecule has 0 saturated heterocycles. The van der Waals surface area contributed by atoms with E-state index >= 15 is 0 Å². The number of rotatable bonds is 10. The van der Waals surface area contributed by atoms with Crippen LogP contribution in [0.1, 0.15) is 49.3 Å². The van der Waals surface area contributed by atoms with Crippen molar-refractivity contribution < 1.29 is 22.7 Å². The maximum Gasteiger partial charge on any atom is 0.226 e. The first kappa shape index (κ1) is 25.6. The maximum absolute atomic E-state index is 12.9. The molecule has 33 heavy (non-hydrogen) atoms. The predicted octanol–water partition coefficient (Wildman–Crippen LogP) is 4.00. The Labute approximate surface area is 200 Å². The fourth-order valence-corrected chi connectivity index (χ4v) is 5.65. The number of carbonyl (C=O) groups is 1. The predicted molar refractivity (Wildman–Crippen MR) is 126 cm³/mol. The second-order valence-electron chi connectivity index (χ2n) is 8.36. The van der Waals surface area contributed by atoms with Crippen molar-refractivity contribution in [3.8, 4) is 0 Å². The zero-order chi connectivity index (χ0) is 24.0. The molecule has 1 saturated carbocycles. The summed E-state index contributed by atoms with van der Waals surface area (Å²) in [7, 11) is -0.307. The molecule has 0 spiro atoms. The molecule has 1 aromatic carbocycles. The van der Waals surface area contributed by atoms with Gasteiger partial charge < -0.3 is 14.8 Å². The Kier molecular flexibility index (Phi) is 8.81. The van der Waals surface area contributed by atoms with Crippen molar-refractivity contribution in [2.45, 2.75) is 55.6 Å². The van der Waals surface area contributed by atoms with E-state index in [1.54, 1.807) is 32.5 Å². The highest BCUT2D eigenvalue weighted by atomic mass is 35.5. The smallest absolute Gasteiger partial charge is 0.226 e. The number of hydrogen-bond donors (Lipinski definition) is 1. The van der Waals surface area contributed by atoms with E-state index in [9.17, 15) is 13.2 Å². The Bertz CT molecular complexity index is 1050. The number of amides is 1. The second kappa shape index (κ2) is 11.4. The summed E-state index contributed by atoms with van der Waals surface area (Å²) in [5.74, 6) is 0.467. The van der Waals surface area contributed by atoms with Gasteiger partial charge in [0.25, 0.3) is 0 Å². The highest BCUT2D eigenvalue weighted by molar-refractivity contribution is 7.90. The number of ether oxygens (including phenoxy) is 2. The van der Waals surface area contributed by atoms with Gasteiger partial charge in [0.15, 0.2) is 21.9 Å². The van der Waals surface area contributed by atoms with Crippen LogP contribution in [0, 0.1) is 5.92 Å². The van der Waals surface area contributed by atoms with E-state index in [2.05, 4.69) is 15.3 Å². The van der Waals surface area contributed by atoms with Gasteiger partial charge in [-0.25, -0.2) is 13.4 Å². The lowest BCUT2D eigenvalue weighted by molar-refractivity contribution is -0.116. The van der Waals surface area contributed by atoms with E-state index in [-0.39, 0.29) is 28.2 Å². The zero-order valence-corrected chi connectivity index (χ0v) is 20.7. The van der Waals surface area contributed by atoms with Gasteiger partial charge in [0, 0.05) is 33.3 Å². The number of aromatic nitrogens is 2. The van der Waals surface area contributed by atoms with Gasteiger partial charge in [-0.05, 0) is 42.4 Å². The number of hydrogen-bond acceptors (Lipinski definition) is 7. The molecule has 1 aliphatic rings. The molecule has 1 N–H and O–H groups in total. The fourth-order valence-electron chi connectivity index (χ4n) is 4.32. The van der Waals surface area contributed by atoms with Gasteiger partial charge in [-0.3, -0.25) is 9.78 Å². The van der Waals surface area contributed by atoms with Crippen molar-refractivity contribution in [2.75, 3.05) is 25.8 Å². The van der Waals surface area contributed by atoms with Crippen molar-refractivity contribution in [3.63, 3.8) is 0 Å². The summed E-state index contributed by atoms with van der Waals surface area (Å²) in [6.07, 6.45) is 8.80. The highest BCUT2D eigenvalue weighted by Crippen LogP contribution is 2.40. The molecule has 10 heteroatoms. The van der Waals surface area contributed by atoms with Crippen molar-refractivity contribution >= 4 is 33.2 Å². The van der Waals surface area contributed by atoms with E-state index in [0.29, 0.717) is 23.9 Å². The Hall–Kier alpha value is -2.07. The summed E-state index contributed by atoms with van der Waals surface area (Å²) in [5, 5.41) is 3.01. The largest absolute Gasteiger partial charge is 0.356 e. The molecular weight excluding hydrogens is 466 g/mol. The van der Waals surface area contributed by atoms with Crippen LogP contribution in [-0.2, 0) is 30.5 Å². The van der Waals surface area contributed by atoms with Crippen LogP contribution < -0.4 is 5.32 Å². The monoisotopic (exact) mass is 495 g/mol. The summed E-state index contributed by atoms with van der Waals surface area (Å²) in [4.78, 5) is 21.6. The van der Waals surface area contributed by atoms with Crippen LogP contribution in [0.4, 0.5) is 5.82 Å². The minimum Gasteiger partial charge on any atom is -0.356 e. The molecule has 0 bridgehead atoms. The Morgan fingerprint density at radius 2 is 1.88 bits per heavy atom. The van der Waals surface area contributed by atoms with Crippen LogP contribution >= 0.6 is 11.6 Å². The van der Waals surface area contributed by atoms with Crippen molar-refractivity contribution in [2.24, 2.45) is 5.92 Å². The SMILES string of the molecule is COC(Cc1cnc(NC(=O)C[C@@H](c2ccc(S(C)(=O)=O)c(Cl)c2)C2CCCC2)cn1)OC. The van der Waals surface area contributed by atoms with Crippen molar-refractivity contribution in [1.82, 2.24) is 9.97 Å². The van der Waals surface area contributed by atoms with Gasteiger partial charge >= 0.3 is 0 Å². The number of nitrogens with one attached hydrogen (secondary N) is 1. The van der Waals surface area contributed by atoms with E-state index < -0.39 is 16.1 Å². The average Bonchev–Trinajstić information content (AvgIpc) is 3.30. The lowest BCUT2D eigenvalue weighted by Gasteiger charge is -2.24. The van der Waals surface area contributed by atoms with Crippen LogP contribution in [0.5, 0.6) is 0 Å². The minimum absolute atomic E-state index is 0.0602. The molecule has 1 fully saturated rings. The number of anilines is 1. The van der Waals surface area contributed by atoms with E-state index in [0.717, 1.165) is 37.5 Å². The van der Waals surface area contributed by atoms with Crippen LogP contribution in [0.3, 0.4) is 0 Å². The van der Waals surface area contributed by atoms with E-state index in [1.807, 2.05) is 0 Å². The lowest BCUT2D eigenvalue weighted by Crippen LogP contribution is -2.21. The summed E-state index contributed by atoms with van der Waals surface area (Å²) >= 11 is 6.29. The quantitative estimate of drug-likeness (QED) is 0.496. The second-order valence-corrected chi connectivity index (χ2v) is 10.8. The van der Waals surface area contributed by atoms with Gasteiger partial charge in [0.05, 0.1) is 28.0 Å². The Morgan fingerprint density at radius 3 is 2.42 bits per heavy atom. The molecule has 1 heterocycles. The zero-order valence-electron chi connectivity index (χ0n) is 19.1. The van der Waals surface area contributed by atoms with Crippen molar-refractivity contribution in [1.29, 1.82) is 0 Å². The van der Waals surface area contributed by atoms with Crippen LogP contribution in [-0.4, -0.2) is 51.1 Å². The molecular formula is C23H30ClN3O5S. The summed E-state index contributed by atoms with van der Waals surface area (Å²) in [6.45, 7) is 0. The number of carbonyl (C=O) groups excluding carboxylic acids is 1. The maximum atomic E-state index is 12.9. The molecule has 3 rings (SSSR count). The van der Waals surface area contributed by atoms with Gasteiger partial charge in [-0.2, -0.15) is 0 Å². The normalized spacial score (nSPS) is 15.7. The van der Waals surface area contributed by atoms with Gasteiger partial charge in [0.2, 0.25) is 5.91 Å². The molecule has 0 unspecified atom stereocenters. The standard InChI is InChI=1S/C23H30ClN3O5S/c1-31-23(32-2)11-17-13-26-21(14-25-17)27-22(28)12-18(15-6-4-5-7-15)16-8-9-20(19(24)10-16)33(3,29)30/h8-10,13-15,18,23H,4-7,11-12H2,1-3H3,(H,26,27,28)/t18-/m1/s1. The minimum atomic E-state index is -3.42. The first-order valence-corrected chi connectivity index (χ1v) is 13.1. The average molecular weight is 496 g/mol. The third kappa shape index (κ3) is 6.96. The van der Waals surface area contributed by atoms with Crippen molar-refractivity contribution in [3.05, 3.63) is 46.9 Å². The number of nitrogens with zero attached hydrogens (tertiary/aromatic N) is 2. The molecule has 1 aromatic heterocycles. The molecule has 8 nitrogen and oxygen atoms in total. The van der Waals surface area contributed by atoms with Gasteiger partial charge in [-0.15, -0.1) is 0 Å². The number of halogens is 1. The third-order valence-corrected chi connectivity index (χ3v) is 7.61. The third-order valence-electron chi connectivity index (χ3n) is 6.03. The van der Waals surface area contributed by atoms with Crippen LogP contribution in [0.15, 0.2) is 35.5 Å². The molecule has 0 radical (unpaired) electrons. The Balaban J connectivity index is 1.72. The molecule has 1 atom stereocenters. The fraction of sp³-hybridized carbons (Fsp3) is 0.522. The highest BCUT2D eigenvalue weighted by Gasteiger charge is 2.29. The first-order chi connectivity index (χ1) is 15.7. The molecule has 180 valence electrons. The number of methoxy groups -OCH3 is 2. The molecule has 2 aromatic rings. The van der Waals surface area contributed by atoms with Gasteiger partial charge in [-0.1, -0.05) is 30.5 Å². The summed E-state index contributed by atoms with van der Waals surface area (Å²) in [6, 6.07) is 4.99. The van der Waals surface area contributed by atoms with Crippen LogP contribution in [0.2, 0.25) is 5.02 Å². The lowest BCUT2D eigenvalue weighted by atomic mass is 9.82. The first-order valence-electron chi connectivity index (χ1n) is 10.9. The summed E-state index contributed by atoms with van der Waals surface area (Å²) < 4.78 is 34.2. The van der Waals surface area contributed by atoms with E-state index in [1.165, 1.54) is 12.3 Å². The molecule has 0 aliphatic heterocycles. The summed E-state index contributed by atoms with van der Waals surface area (Å²) in [5.41, 5.74) is 1.56. The molecule has 1 aliphatic carbocycles. The van der Waals surface area contributed by atoms with Crippen LogP contribution in [0.25, 0.3) is 0 Å². The topological polar surface area (TPSA) is 107 Å². The van der Waals surface area contributed by atoms with Gasteiger partial charge in [0.1, 0.15) is 0 Å². The number of sulfone groups is 1. The van der Waals surface area contributed by atoms with E-state index in [4.69, 9.17) is 21.1 Å². The Morgan fingerprint density at radius 1 is 1.18 bits per heavy atom. The molecule has 1 amide bonds. The number of benzene rings is 1.